The first-order valence-corrected chi connectivity index (χ1v) is 15.7. The summed E-state index contributed by atoms with van der Waals surface area (Å²) < 4.78 is 49.7. The second-order valence-electron chi connectivity index (χ2n) is 12.4. The molecule has 0 saturated heterocycles. The largest absolute Gasteiger partial charge is 0.493 e. The van der Waals surface area contributed by atoms with E-state index in [9.17, 15) is 22.6 Å². The van der Waals surface area contributed by atoms with Gasteiger partial charge in [0.15, 0.2) is 0 Å². The summed E-state index contributed by atoms with van der Waals surface area (Å²) in [7, 11) is -4.35. The van der Waals surface area contributed by atoms with Gasteiger partial charge in [-0.05, 0) is 84.4 Å². The van der Waals surface area contributed by atoms with Crippen LogP contribution in [0.4, 0.5) is 15.3 Å². The second kappa shape index (κ2) is 12.8. The van der Waals surface area contributed by atoms with Gasteiger partial charge in [0, 0.05) is 18.1 Å². The summed E-state index contributed by atoms with van der Waals surface area (Å²) in [5.74, 6) is 0.527. The molecule has 0 atom stereocenters. The van der Waals surface area contributed by atoms with Gasteiger partial charge in [0.05, 0.1) is 40.1 Å². The molecule has 1 heterocycles. The highest BCUT2D eigenvalue weighted by atomic mass is 32.2. The van der Waals surface area contributed by atoms with Crippen LogP contribution in [0.15, 0.2) is 71.8 Å². The summed E-state index contributed by atoms with van der Waals surface area (Å²) in [6, 6.07) is 16.6. The minimum Gasteiger partial charge on any atom is -0.493 e. The van der Waals surface area contributed by atoms with E-state index in [4.69, 9.17) is 19.2 Å². The maximum atomic E-state index is 13.0. The number of nitrogens with zero attached hydrogens (tertiary/aromatic N) is 3. The van der Waals surface area contributed by atoms with E-state index in [0.717, 1.165) is 10.5 Å². The zero-order chi connectivity index (χ0) is 33.2. The lowest BCUT2D eigenvalue weighted by Gasteiger charge is -2.28. The van der Waals surface area contributed by atoms with E-state index in [1.165, 1.54) is 6.07 Å². The monoisotopic (exact) mass is 635 g/mol. The molecule has 45 heavy (non-hydrogen) atoms. The van der Waals surface area contributed by atoms with Crippen molar-refractivity contribution in [1.82, 2.24) is 9.97 Å². The number of hydrogen-bond acceptors (Lipinski definition) is 9. The van der Waals surface area contributed by atoms with Gasteiger partial charge >= 0.3 is 12.2 Å². The molecule has 0 spiro atoms. The highest BCUT2D eigenvalue weighted by Gasteiger charge is 2.32. The number of carbonyl (C=O) groups is 2. The third-order valence-electron chi connectivity index (χ3n) is 6.22. The third-order valence-corrected chi connectivity index (χ3v) is 7.18. The van der Waals surface area contributed by atoms with Crippen LogP contribution in [0.5, 0.6) is 5.75 Å². The van der Waals surface area contributed by atoms with Gasteiger partial charge in [-0.3, -0.25) is 9.54 Å². The number of aromatic nitrogens is 2. The zero-order valence-electron chi connectivity index (χ0n) is 26.3. The number of anilines is 1. The number of fused-ring (bicyclic) bond motifs is 1. The molecule has 2 amide bonds. The summed E-state index contributed by atoms with van der Waals surface area (Å²) >= 11 is 0. The van der Waals surface area contributed by atoms with Gasteiger partial charge in [-0.1, -0.05) is 29.8 Å². The molecule has 1 N–H and O–H groups in total. The summed E-state index contributed by atoms with van der Waals surface area (Å²) in [5, 5.41) is 0. The van der Waals surface area contributed by atoms with Gasteiger partial charge in [-0.15, -0.1) is 0 Å². The van der Waals surface area contributed by atoms with Crippen LogP contribution in [-0.2, 0) is 26.0 Å². The topological polar surface area (TPSA) is 145 Å². The Labute approximate surface area is 262 Å². The summed E-state index contributed by atoms with van der Waals surface area (Å²) in [6.07, 6.45) is 0.164. The summed E-state index contributed by atoms with van der Waals surface area (Å²) in [4.78, 5) is 35.9. The summed E-state index contributed by atoms with van der Waals surface area (Å²) in [5.41, 5.74) is 2.43. The SMILES string of the molecule is Cc1ccc(S(=O)(=O)O)c(CCOc2ccc3nc(-c4ccc(N(C(=O)OC(C)(C)C)C(=O)OC(C)(C)C)cc4)cnc3c2)c1. The van der Waals surface area contributed by atoms with E-state index in [1.54, 1.807) is 102 Å². The van der Waals surface area contributed by atoms with E-state index in [2.05, 4.69) is 4.98 Å². The van der Waals surface area contributed by atoms with Crippen LogP contribution in [0.2, 0.25) is 0 Å². The van der Waals surface area contributed by atoms with Crippen molar-refractivity contribution >= 4 is 39.0 Å². The van der Waals surface area contributed by atoms with Crippen LogP contribution in [0.25, 0.3) is 22.3 Å². The Hall–Kier alpha value is -4.55. The smallest absolute Gasteiger partial charge is 0.424 e. The Morgan fingerprint density at radius 2 is 1.47 bits per heavy atom. The third kappa shape index (κ3) is 8.99. The van der Waals surface area contributed by atoms with Crippen LogP contribution in [0, 0.1) is 6.92 Å². The fourth-order valence-electron chi connectivity index (χ4n) is 4.34. The molecule has 1 aromatic heterocycles. The number of amides is 2. The van der Waals surface area contributed by atoms with Gasteiger partial charge in [-0.2, -0.15) is 13.3 Å². The first kappa shape index (κ1) is 33.3. The quantitative estimate of drug-likeness (QED) is 0.208. The van der Waals surface area contributed by atoms with Gasteiger partial charge in [0.2, 0.25) is 0 Å². The maximum Gasteiger partial charge on any atom is 0.424 e. The Morgan fingerprint density at radius 1 is 0.844 bits per heavy atom. The minimum absolute atomic E-state index is 0.135. The molecule has 11 nitrogen and oxygen atoms in total. The molecule has 0 aliphatic heterocycles. The lowest BCUT2D eigenvalue weighted by Crippen LogP contribution is -2.43. The lowest BCUT2D eigenvalue weighted by atomic mass is 10.1. The Balaban J connectivity index is 1.50. The standard InChI is InChI=1S/C33H37N3O8S/c1-21-8-15-29(45(39,40)41)23(18-21)16-17-42-25-13-14-26-27(19-25)34-20-28(35-26)22-9-11-24(12-10-22)36(30(37)43-32(2,3)4)31(38)44-33(5,6)7/h8-15,18-20H,16-17H2,1-7H3,(H,39,40,41). The van der Waals surface area contributed by atoms with Crippen LogP contribution < -0.4 is 9.64 Å². The molecule has 4 aromatic rings. The predicted molar refractivity (Wildman–Crippen MR) is 170 cm³/mol. The van der Waals surface area contributed by atoms with Crippen molar-refractivity contribution in [2.45, 2.75) is 71.0 Å². The van der Waals surface area contributed by atoms with Crippen molar-refractivity contribution in [2.75, 3.05) is 11.5 Å². The lowest BCUT2D eigenvalue weighted by molar-refractivity contribution is 0.0430. The molecule has 0 fully saturated rings. The van der Waals surface area contributed by atoms with Gasteiger partial charge in [-0.25, -0.2) is 14.6 Å². The molecule has 4 rings (SSSR count). The van der Waals surface area contributed by atoms with Crippen LogP contribution in [-0.4, -0.2) is 52.9 Å². The molecule has 238 valence electrons. The number of imide groups is 1. The van der Waals surface area contributed by atoms with Crippen molar-refractivity contribution in [3.05, 3.63) is 78.0 Å². The molecule has 0 aliphatic carbocycles. The average molecular weight is 636 g/mol. The fourth-order valence-corrected chi connectivity index (χ4v) is 5.07. The molecular weight excluding hydrogens is 598 g/mol. The van der Waals surface area contributed by atoms with Crippen molar-refractivity contribution in [1.29, 1.82) is 0 Å². The molecule has 0 unspecified atom stereocenters. The average Bonchev–Trinajstić information content (AvgIpc) is 2.90. The van der Waals surface area contributed by atoms with E-state index in [-0.39, 0.29) is 23.6 Å². The highest BCUT2D eigenvalue weighted by molar-refractivity contribution is 7.85. The number of carbonyl (C=O) groups excluding carboxylic acids is 2. The van der Waals surface area contributed by atoms with Crippen LogP contribution in [0.3, 0.4) is 0 Å². The molecule has 0 bridgehead atoms. The number of hydrogen-bond donors (Lipinski definition) is 1. The zero-order valence-corrected chi connectivity index (χ0v) is 27.1. The predicted octanol–water partition coefficient (Wildman–Crippen LogP) is 7.15. The van der Waals surface area contributed by atoms with Gasteiger partial charge < -0.3 is 14.2 Å². The first-order chi connectivity index (χ1) is 20.9. The number of aryl methyl sites for hydroxylation is 1. The molecule has 0 aliphatic rings. The van der Waals surface area contributed by atoms with E-state index >= 15 is 0 Å². The molecule has 3 aromatic carbocycles. The van der Waals surface area contributed by atoms with Crippen molar-refractivity contribution in [2.24, 2.45) is 0 Å². The highest BCUT2D eigenvalue weighted by Crippen LogP contribution is 2.27. The van der Waals surface area contributed by atoms with E-state index < -0.39 is 33.5 Å². The number of ether oxygens (including phenoxy) is 3. The van der Waals surface area contributed by atoms with Crippen LogP contribution in [0.1, 0.15) is 52.7 Å². The van der Waals surface area contributed by atoms with Crippen molar-refractivity contribution in [3.63, 3.8) is 0 Å². The summed E-state index contributed by atoms with van der Waals surface area (Å²) in [6.45, 7) is 12.3. The van der Waals surface area contributed by atoms with Gasteiger partial charge in [0.25, 0.3) is 10.1 Å². The fraction of sp³-hybridized carbons (Fsp3) is 0.333. The molecule has 0 saturated carbocycles. The Kier molecular flexibility index (Phi) is 9.50. The number of benzene rings is 3. The normalized spacial score (nSPS) is 12.1. The van der Waals surface area contributed by atoms with E-state index in [1.807, 2.05) is 6.92 Å². The second-order valence-corrected chi connectivity index (χ2v) is 13.8. The maximum absolute atomic E-state index is 13.0. The Bertz CT molecular complexity index is 1800. The molecule has 12 heteroatoms. The minimum atomic E-state index is -4.35. The van der Waals surface area contributed by atoms with Crippen molar-refractivity contribution in [3.8, 4) is 17.0 Å². The first-order valence-electron chi connectivity index (χ1n) is 14.2. The van der Waals surface area contributed by atoms with Crippen LogP contribution >= 0.6 is 0 Å². The van der Waals surface area contributed by atoms with Gasteiger partial charge in [0.1, 0.15) is 17.0 Å². The number of rotatable bonds is 7. The molecule has 0 radical (unpaired) electrons. The van der Waals surface area contributed by atoms with Crippen molar-refractivity contribution < 1.29 is 36.8 Å². The molecular formula is C33H37N3O8S. The Morgan fingerprint density at radius 3 is 2.04 bits per heavy atom. The van der Waals surface area contributed by atoms with E-state index in [0.29, 0.717) is 33.6 Å².